The van der Waals surface area contributed by atoms with Crippen molar-refractivity contribution < 1.29 is 29.0 Å². The number of rotatable bonds is 5. The van der Waals surface area contributed by atoms with Gasteiger partial charge in [0.15, 0.2) is 5.78 Å². The van der Waals surface area contributed by atoms with Gasteiger partial charge in [-0.05, 0) is 42.0 Å². The Morgan fingerprint density at radius 3 is 2.32 bits per heavy atom. The molecule has 34 heavy (non-hydrogen) atoms. The molecule has 0 radical (unpaired) electrons. The Balaban J connectivity index is 0.000000248. The van der Waals surface area contributed by atoms with E-state index in [4.69, 9.17) is 27.2 Å². The number of carboxylic acid groups (broad SMARTS) is 1. The first kappa shape index (κ1) is 24.4. The number of fused-ring (bicyclic) bond motifs is 1. The highest BCUT2D eigenvalue weighted by atomic mass is 35.5. The average Bonchev–Trinajstić information content (AvgIpc) is 2.83. The van der Waals surface area contributed by atoms with Crippen LogP contribution in [0.2, 0.25) is 5.02 Å². The van der Waals surface area contributed by atoms with Gasteiger partial charge >= 0.3 is 5.97 Å². The van der Waals surface area contributed by atoms with Gasteiger partial charge in [0.05, 0.1) is 36.9 Å². The Labute approximate surface area is 199 Å². The molecule has 10 heteroatoms. The second kappa shape index (κ2) is 10.6. The van der Waals surface area contributed by atoms with Crippen LogP contribution in [0.5, 0.6) is 5.88 Å². The summed E-state index contributed by atoms with van der Waals surface area (Å²) >= 11 is 5.85. The van der Waals surface area contributed by atoms with Crippen molar-refractivity contribution in [3.63, 3.8) is 0 Å². The lowest BCUT2D eigenvalue weighted by atomic mass is 9.97. The molecule has 2 aromatic carbocycles. The molecule has 1 aromatic heterocycles. The van der Waals surface area contributed by atoms with Gasteiger partial charge in [0.2, 0.25) is 17.7 Å². The highest BCUT2D eigenvalue weighted by Gasteiger charge is 2.30. The van der Waals surface area contributed by atoms with Gasteiger partial charge in [0.25, 0.3) is 0 Å². The van der Waals surface area contributed by atoms with Crippen molar-refractivity contribution in [2.45, 2.75) is 13.0 Å². The lowest BCUT2D eigenvalue weighted by Crippen LogP contribution is -2.37. The monoisotopic (exact) mass is 481 g/mol. The zero-order chi connectivity index (χ0) is 24.8. The molecule has 0 aliphatic carbocycles. The van der Waals surface area contributed by atoms with Gasteiger partial charge in [-0.1, -0.05) is 23.7 Å². The van der Waals surface area contributed by atoms with E-state index in [1.807, 2.05) is 0 Å². The maximum absolute atomic E-state index is 12.2. The minimum absolute atomic E-state index is 0.0258. The van der Waals surface area contributed by atoms with Crippen molar-refractivity contribution in [2.75, 3.05) is 12.0 Å². The highest BCUT2D eigenvalue weighted by Crippen LogP contribution is 2.30. The lowest BCUT2D eigenvalue weighted by molar-refractivity contribution is -0.118. The number of ketones is 1. The Morgan fingerprint density at radius 2 is 1.76 bits per heavy atom. The number of anilines is 1. The number of aromatic nitrogens is 1. The maximum Gasteiger partial charge on any atom is 0.335 e. The normalized spacial score (nSPS) is 12.4. The van der Waals surface area contributed by atoms with Crippen molar-refractivity contribution in [1.82, 2.24) is 4.98 Å². The van der Waals surface area contributed by atoms with Gasteiger partial charge < -0.3 is 20.5 Å². The SMILES string of the molecule is COc1ccc(C(N)=O)cn1.O=C(O)c1ccc2c(c1)C(=O)CC(=O)N2Cc1ccc(Cl)cc1. The van der Waals surface area contributed by atoms with Gasteiger partial charge in [-0.25, -0.2) is 9.78 Å². The van der Waals surface area contributed by atoms with Crippen LogP contribution in [0.25, 0.3) is 0 Å². The van der Waals surface area contributed by atoms with Crippen molar-refractivity contribution in [2.24, 2.45) is 5.73 Å². The number of hydrogen-bond donors (Lipinski definition) is 2. The van der Waals surface area contributed by atoms with E-state index in [1.54, 1.807) is 36.4 Å². The Morgan fingerprint density at radius 1 is 1.09 bits per heavy atom. The fourth-order valence-electron chi connectivity index (χ4n) is 3.18. The molecule has 0 bridgehead atoms. The zero-order valence-corrected chi connectivity index (χ0v) is 18.8. The molecular weight excluding hydrogens is 462 g/mol. The number of halogens is 1. The number of amides is 2. The van der Waals surface area contributed by atoms with Crippen molar-refractivity contribution in [3.05, 3.63) is 88.1 Å². The van der Waals surface area contributed by atoms with Crippen LogP contribution in [0.15, 0.2) is 60.8 Å². The number of nitrogens with zero attached hydrogens (tertiary/aromatic N) is 2. The Kier molecular flexibility index (Phi) is 7.60. The number of aromatic carboxylic acids is 1. The van der Waals surface area contributed by atoms with E-state index in [1.165, 1.54) is 36.4 Å². The summed E-state index contributed by atoms with van der Waals surface area (Å²) in [7, 11) is 1.51. The van der Waals surface area contributed by atoms with E-state index < -0.39 is 11.9 Å². The minimum Gasteiger partial charge on any atom is -0.481 e. The van der Waals surface area contributed by atoms with Crippen LogP contribution in [-0.2, 0) is 11.3 Å². The molecule has 2 amide bonds. The average molecular weight is 482 g/mol. The summed E-state index contributed by atoms with van der Waals surface area (Å²) in [5.41, 5.74) is 6.96. The molecule has 2 heterocycles. The number of pyridine rings is 1. The molecule has 3 aromatic rings. The number of carbonyl (C=O) groups is 4. The van der Waals surface area contributed by atoms with Crippen LogP contribution in [-0.4, -0.2) is 40.8 Å². The predicted octanol–water partition coefficient (Wildman–Crippen LogP) is 3.35. The lowest BCUT2D eigenvalue weighted by Gasteiger charge is -2.29. The van der Waals surface area contributed by atoms with Crippen molar-refractivity contribution in [3.8, 4) is 5.88 Å². The number of carbonyl (C=O) groups excluding carboxylic acids is 3. The quantitative estimate of drug-likeness (QED) is 0.532. The van der Waals surface area contributed by atoms with Crippen LogP contribution >= 0.6 is 11.6 Å². The van der Waals surface area contributed by atoms with Crippen LogP contribution < -0.4 is 15.4 Å². The molecule has 9 nitrogen and oxygen atoms in total. The molecule has 4 rings (SSSR count). The molecule has 0 unspecified atom stereocenters. The summed E-state index contributed by atoms with van der Waals surface area (Å²) in [6.45, 7) is 0.294. The molecule has 0 fully saturated rings. The molecular formula is C24H20ClN3O6. The number of methoxy groups -OCH3 is 1. The first-order valence-corrected chi connectivity index (χ1v) is 10.3. The minimum atomic E-state index is -1.11. The maximum atomic E-state index is 12.2. The molecule has 0 atom stereocenters. The summed E-state index contributed by atoms with van der Waals surface area (Å²) in [4.78, 5) is 51.2. The third kappa shape index (κ3) is 5.76. The number of carboxylic acids is 1. The second-order valence-electron chi connectivity index (χ2n) is 7.20. The van der Waals surface area contributed by atoms with Crippen molar-refractivity contribution in [1.29, 1.82) is 0 Å². The molecule has 1 aliphatic heterocycles. The van der Waals surface area contributed by atoms with Crippen molar-refractivity contribution >= 4 is 40.9 Å². The van der Waals surface area contributed by atoms with E-state index in [0.29, 0.717) is 28.7 Å². The largest absolute Gasteiger partial charge is 0.481 e. The molecule has 0 saturated carbocycles. The van der Waals surface area contributed by atoms with Gasteiger partial charge in [0.1, 0.15) is 0 Å². The first-order valence-electron chi connectivity index (χ1n) is 9.94. The summed E-state index contributed by atoms with van der Waals surface area (Å²) in [6.07, 6.45) is 1.12. The summed E-state index contributed by atoms with van der Waals surface area (Å²) in [5, 5.41) is 9.64. The Hall–Kier alpha value is -4.24. The summed E-state index contributed by atoms with van der Waals surface area (Å²) < 4.78 is 4.79. The van der Waals surface area contributed by atoms with Crippen LogP contribution in [0, 0.1) is 0 Å². The fourth-order valence-corrected chi connectivity index (χ4v) is 3.31. The zero-order valence-electron chi connectivity index (χ0n) is 18.0. The van der Waals surface area contributed by atoms with Gasteiger partial charge in [0, 0.05) is 22.8 Å². The summed E-state index contributed by atoms with van der Waals surface area (Å²) in [5.74, 6) is -1.79. The smallest absolute Gasteiger partial charge is 0.335 e. The van der Waals surface area contributed by atoms with Gasteiger partial charge in [-0.2, -0.15) is 0 Å². The Bertz CT molecular complexity index is 1240. The first-order chi connectivity index (χ1) is 16.2. The van der Waals surface area contributed by atoms with E-state index in [0.717, 1.165) is 5.56 Å². The number of primary amides is 1. The van der Waals surface area contributed by atoms with Gasteiger partial charge in [-0.3, -0.25) is 14.4 Å². The molecule has 0 saturated heterocycles. The number of Topliss-reactive ketones (excluding diaryl/α,β-unsaturated/α-hetero) is 1. The fraction of sp³-hybridized carbons (Fsp3) is 0.125. The molecule has 1 aliphatic rings. The molecule has 174 valence electrons. The third-order valence-electron chi connectivity index (χ3n) is 4.93. The number of ether oxygens (including phenoxy) is 1. The molecule has 3 N–H and O–H groups in total. The van der Waals surface area contributed by atoms with Crippen LogP contribution in [0.1, 0.15) is 43.1 Å². The van der Waals surface area contributed by atoms with Crippen LogP contribution in [0.3, 0.4) is 0 Å². The van der Waals surface area contributed by atoms with E-state index >= 15 is 0 Å². The predicted molar refractivity (Wildman–Crippen MR) is 124 cm³/mol. The summed E-state index contributed by atoms with van der Waals surface area (Å²) in [6, 6.07) is 14.4. The topological polar surface area (TPSA) is 140 Å². The van der Waals surface area contributed by atoms with Crippen LogP contribution in [0.4, 0.5) is 5.69 Å². The van der Waals surface area contributed by atoms with E-state index in [9.17, 15) is 19.2 Å². The second-order valence-corrected chi connectivity index (χ2v) is 7.63. The van der Waals surface area contributed by atoms with E-state index in [2.05, 4.69) is 4.98 Å². The van der Waals surface area contributed by atoms with E-state index in [-0.39, 0.29) is 29.2 Å². The number of nitrogens with two attached hydrogens (primary N) is 1. The third-order valence-corrected chi connectivity index (χ3v) is 5.18. The number of hydrogen-bond acceptors (Lipinski definition) is 6. The highest BCUT2D eigenvalue weighted by molar-refractivity contribution is 6.30. The standard InChI is InChI=1S/C17H12ClNO4.C7H8N2O2/c18-12-4-1-10(2-5-12)9-19-14-6-3-11(17(22)23)7-13(14)15(20)8-16(19)21;1-11-6-3-2-5(4-9-6)7(8)10/h1-7H,8-9H2,(H,22,23);2-4H,1H3,(H2,8,10). The van der Waals surface area contributed by atoms with Gasteiger partial charge in [-0.15, -0.1) is 0 Å². The number of benzene rings is 2. The molecule has 0 spiro atoms.